The number of hydrogen-bond acceptors (Lipinski definition) is 3. The second kappa shape index (κ2) is 4.04. The molecular formula is C13H15NO3. The summed E-state index contributed by atoms with van der Waals surface area (Å²) in [5, 5.41) is 9.17. The van der Waals surface area contributed by atoms with E-state index in [-0.39, 0.29) is 0 Å². The molecule has 4 heteroatoms. The molecule has 4 nitrogen and oxygen atoms in total. The van der Waals surface area contributed by atoms with Crippen LogP contribution in [-0.4, -0.2) is 41.7 Å². The van der Waals surface area contributed by atoms with Gasteiger partial charge in [0, 0.05) is 11.6 Å². The second-order valence-corrected chi connectivity index (χ2v) is 4.65. The number of ether oxygens (including phenoxy) is 1. The Morgan fingerprint density at radius 3 is 2.88 bits per heavy atom. The SMILES string of the molecule is O=C(O)c1cccc2c1CC(N1CCC1)CO2. The third kappa shape index (κ3) is 1.78. The highest BCUT2D eigenvalue weighted by molar-refractivity contribution is 5.90. The summed E-state index contributed by atoms with van der Waals surface area (Å²) in [6.45, 7) is 2.90. The van der Waals surface area contributed by atoms with Gasteiger partial charge in [-0.2, -0.15) is 0 Å². The number of rotatable bonds is 2. The Balaban J connectivity index is 1.90. The number of benzene rings is 1. The zero-order valence-corrected chi connectivity index (χ0v) is 9.56. The fourth-order valence-corrected chi connectivity index (χ4v) is 2.53. The first-order valence-electron chi connectivity index (χ1n) is 5.98. The van der Waals surface area contributed by atoms with Crippen molar-refractivity contribution in [1.82, 2.24) is 4.90 Å². The van der Waals surface area contributed by atoms with Gasteiger partial charge in [-0.3, -0.25) is 4.90 Å². The Morgan fingerprint density at radius 1 is 1.41 bits per heavy atom. The lowest BCUT2D eigenvalue weighted by Gasteiger charge is -2.40. The molecule has 0 saturated carbocycles. The van der Waals surface area contributed by atoms with Crippen LogP contribution in [0.5, 0.6) is 5.75 Å². The fourth-order valence-electron chi connectivity index (χ4n) is 2.53. The molecule has 2 aliphatic heterocycles. The number of likely N-dealkylation sites (tertiary alicyclic amines) is 1. The molecule has 0 aromatic heterocycles. The maximum absolute atomic E-state index is 11.2. The number of carboxylic acids is 1. The van der Waals surface area contributed by atoms with Gasteiger partial charge in [0.15, 0.2) is 0 Å². The first-order chi connectivity index (χ1) is 8.25. The number of carboxylic acid groups (broad SMARTS) is 1. The molecule has 1 saturated heterocycles. The van der Waals surface area contributed by atoms with Crippen molar-refractivity contribution in [1.29, 1.82) is 0 Å². The number of carbonyl (C=O) groups is 1. The van der Waals surface area contributed by atoms with Gasteiger partial charge < -0.3 is 9.84 Å². The Kier molecular flexibility index (Phi) is 2.52. The van der Waals surface area contributed by atoms with E-state index in [9.17, 15) is 4.79 Å². The van der Waals surface area contributed by atoms with E-state index in [1.807, 2.05) is 6.07 Å². The van der Waals surface area contributed by atoms with Crippen LogP contribution >= 0.6 is 0 Å². The molecule has 1 aromatic rings. The normalized spacial score (nSPS) is 23.4. The Hall–Kier alpha value is -1.55. The highest BCUT2D eigenvalue weighted by Gasteiger charge is 2.30. The highest BCUT2D eigenvalue weighted by atomic mass is 16.5. The van der Waals surface area contributed by atoms with Crippen LogP contribution in [0.4, 0.5) is 0 Å². The van der Waals surface area contributed by atoms with Gasteiger partial charge in [-0.15, -0.1) is 0 Å². The Labute approximate surface area is 99.8 Å². The zero-order chi connectivity index (χ0) is 11.8. The van der Waals surface area contributed by atoms with E-state index in [4.69, 9.17) is 9.84 Å². The predicted octanol–water partition coefficient (Wildman–Crippen LogP) is 1.39. The average Bonchev–Trinajstić information content (AvgIpc) is 2.25. The predicted molar refractivity (Wildman–Crippen MR) is 62.6 cm³/mol. The molecule has 0 radical (unpaired) electrons. The van der Waals surface area contributed by atoms with Gasteiger partial charge in [0.05, 0.1) is 5.56 Å². The summed E-state index contributed by atoms with van der Waals surface area (Å²) in [5.74, 6) is -0.128. The molecule has 1 aromatic carbocycles. The van der Waals surface area contributed by atoms with Crippen molar-refractivity contribution in [3.05, 3.63) is 29.3 Å². The maximum Gasteiger partial charge on any atom is 0.336 e. The van der Waals surface area contributed by atoms with E-state index in [1.165, 1.54) is 6.42 Å². The van der Waals surface area contributed by atoms with E-state index in [0.717, 1.165) is 30.8 Å². The minimum Gasteiger partial charge on any atom is -0.492 e. The van der Waals surface area contributed by atoms with Crippen LogP contribution in [0.1, 0.15) is 22.3 Å². The van der Waals surface area contributed by atoms with Crippen molar-refractivity contribution in [2.45, 2.75) is 18.9 Å². The molecule has 17 heavy (non-hydrogen) atoms. The summed E-state index contributed by atoms with van der Waals surface area (Å²) >= 11 is 0. The largest absolute Gasteiger partial charge is 0.492 e. The lowest BCUT2D eigenvalue weighted by molar-refractivity contribution is 0.0645. The summed E-state index contributed by atoms with van der Waals surface area (Å²) in [5.41, 5.74) is 1.23. The van der Waals surface area contributed by atoms with Gasteiger partial charge in [-0.1, -0.05) is 6.07 Å². The molecule has 0 aliphatic carbocycles. The van der Waals surface area contributed by atoms with Gasteiger partial charge in [0.25, 0.3) is 0 Å². The lowest BCUT2D eigenvalue weighted by Crippen LogP contribution is -2.50. The van der Waals surface area contributed by atoms with Crippen molar-refractivity contribution in [3.8, 4) is 5.75 Å². The van der Waals surface area contributed by atoms with E-state index in [2.05, 4.69) is 4.90 Å². The lowest BCUT2D eigenvalue weighted by atomic mass is 9.95. The minimum atomic E-state index is -0.866. The van der Waals surface area contributed by atoms with Crippen LogP contribution in [0.2, 0.25) is 0 Å². The average molecular weight is 233 g/mol. The summed E-state index contributed by atoms with van der Waals surface area (Å²) in [7, 11) is 0. The Morgan fingerprint density at radius 2 is 2.24 bits per heavy atom. The Bertz CT molecular complexity index is 454. The summed E-state index contributed by atoms with van der Waals surface area (Å²) in [6, 6.07) is 5.60. The first-order valence-corrected chi connectivity index (χ1v) is 5.98. The topological polar surface area (TPSA) is 49.8 Å². The van der Waals surface area contributed by atoms with Gasteiger partial charge in [0.2, 0.25) is 0 Å². The van der Waals surface area contributed by atoms with Crippen molar-refractivity contribution in [2.24, 2.45) is 0 Å². The number of nitrogens with zero attached hydrogens (tertiary/aromatic N) is 1. The van der Waals surface area contributed by atoms with Crippen LogP contribution in [0.15, 0.2) is 18.2 Å². The third-order valence-corrected chi connectivity index (χ3v) is 3.64. The van der Waals surface area contributed by atoms with Crippen LogP contribution in [0.3, 0.4) is 0 Å². The second-order valence-electron chi connectivity index (χ2n) is 4.65. The van der Waals surface area contributed by atoms with E-state index in [0.29, 0.717) is 18.2 Å². The molecule has 1 fully saturated rings. The molecular weight excluding hydrogens is 218 g/mol. The zero-order valence-electron chi connectivity index (χ0n) is 9.56. The van der Waals surface area contributed by atoms with E-state index >= 15 is 0 Å². The van der Waals surface area contributed by atoms with Crippen LogP contribution < -0.4 is 4.74 Å². The van der Waals surface area contributed by atoms with Gasteiger partial charge in [0.1, 0.15) is 12.4 Å². The van der Waals surface area contributed by atoms with E-state index < -0.39 is 5.97 Å². The summed E-state index contributed by atoms with van der Waals surface area (Å²) < 4.78 is 5.68. The van der Waals surface area contributed by atoms with Crippen molar-refractivity contribution in [2.75, 3.05) is 19.7 Å². The van der Waals surface area contributed by atoms with E-state index in [1.54, 1.807) is 12.1 Å². The minimum absolute atomic E-state index is 0.344. The fraction of sp³-hybridized carbons (Fsp3) is 0.462. The van der Waals surface area contributed by atoms with Crippen molar-refractivity contribution >= 4 is 5.97 Å². The summed E-state index contributed by atoms with van der Waals surface area (Å²) in [6.07, 6.45) is 2.03. The number of aromatic carboxylic acids is 1. The molecule has 2 aliphatic rings. The molecule has 1 unspecified atom stereocenters. The van der Waals surface area contributed by atoms with Crippen molar-refractivity contribution in [3.63, 3.8) is 0 Å². The molecule has 0 spiro atoms. The number of fused-ring (bicyclic) bond motifs is 1. The maximum atomic E-state index is 11.2. The standard InChI is InChI=1S/C13H15NO3/c15-13(16)10-3-1-4-12-11(10)7-9(8-17-12)14-5-2-6-14/h1,3-4,9H,2,5-8H2,(H,15,16). The smallest absolute Gasteiger partial charge is 0.336 e. The van der Waals surface area contributed by atoms with Crippen LogP contribution in [0, 0.1) is 0 Å². The van der Waals surface area contributed by atoms with Gasteiger partial charge in [-0.25, -0.2) is 4.79 Å². The summed E-state index contributed by atoms with van der Waals surface area (Å²) in [4.78, 5) is 13.5. The molecule has 1 N–H and O–H groups in total. The molecule has 3 rings (SSSR count). The monoisotopic (exact) mass is 233 g/mol. The molecule has 1 atom stereocenters. The molecule has 2 heterocycles. The van der Waals surface area contributed by atoms with Crippen molar-refractivity contribution < 1.29 is 14.6 Å². The molecule has 0 amide bonds. The number of hydrogen-bond donors (Lipinski definition) is 1. The quantitative estimate of drug-likeness (QED) is 0.838. The third-order valence-electron chi connectivity index (χ3n) is 3.64. The van der Waals surface area contributed by atoms with Gasteiger partial charge >= 0.3 is 5.97 Å². The van der Waals surface area contributed by atoms with Crippen LogP contribution in [0.25, 0.3) is 0 Å². The molecule has 0 bridgehead atoms. The van der Waals surface area contributed by atoms with Gasteiger partial charge in [-0.05, 0) is 38.1 Å². The molecule has 90 valence electrons. The van der Waals surface area contributed by atoms with Crippen LogP contribution in [-0.2, 0) is 6.42 Å². The highest BCUT2D eigenvalue weighted by Crippen LogP contribution is 2.30. The first kappa shape index (κ1) is 10.6.